The fourth-order valence-corrected chi connectivity index (χ4v) is 3.70. The van der Waals surface area contributed by atoms with Crippen LogP contribution in [0, 0.1) is 0 Å². The summed E-state index contributed by atoms with van der Waals surface area (Å²) in [4.78, 5) is 28.3. The number of aryl methyl sites for hydroxylation is 2. The molecule has 136 valence electrons. The van der Waals surface area contributed by atoms with Gasteiger partial charge in [0.25, 0.3) is 0 Å². The van der Waals surface area contributed by atoms with Crippen molar-refractivity contribution in [2.24, 2.45) is 0 Å². The molecule has 0 spiro atoms. The Morgan fingerprint density at radius 2 is 2.23 bits per heavy atom. The van der Waals surface area contributed by atoms with E-state index in [0.29, 0.717) is 31.0 Å². The van der Waals surface area contributed by atoms with Crippen LogP contribution in [0.25, 0.3) is 11.4 Å². The number of carbonyl (C=O) groups is 2. The van der Waals surface area contributed by atoms with Gasteiger partial charge in [0.15, 0.2) is 0 Å². The maximum Gasteiger partial charge on any atom is 0.243 e. The molecule has 1 fully saturated rings. The number of fused-ring (bicyclic) bond motifs is 1. The van der Waals surface area contributed by atoms with Gasteiger partial charge in [-0.1, -0.05) is 24.2 Å². The number of hydrogen-bond acceptors (Lipinski definition) is 5. The van der Waals surface area contributed by atoms with Gasteiger partial charge in [0.2, 0.25) is 23.5 Å². The summed E-state index contributed by atoms with van der Waals surface area (Å²) in [7, 11) is 0. The van der Waals surface area contributed by atoms with Crippen LogP contribution in [-0.4, -0.2) is 28.0 Å². The number of piperidine rings is 1. The minimum Gasteiger partial charge on any atom is -0.347 e. The minimum atomic E-state index is -0.411. The van der Waals surface area contributed by atoms with Crippen LogP contribution in [0.2, 0.25) is 0 Å². The molecule has 7 nitrogen and oxygen atoms in total. The van der Waals surface area contributed by atoms with Crippen LogP contribution in [0.3, 0.4) is 0 Å². The molecule has 0 radical (unpaired) electrons. The van der Waals surface area contributed by atoms with E-state index in [1.807, 2.05) is 19.1 Å². The summed E-state index contributed by atoms with van der Waals surface area (Å²) in [5.41, 5.74) is 3.26. The second-order valence-electron chi connectivity index (χ2n) is 6.89. The van der Waals surface area contributed by atoms with Crippen molar-refractivity contribution in [2.45, 2.75) is 57.5 Å². The van der Waals surface area contributed by atoms with Gasteiger partial charge in [0.05, 0.1) is 6.04 Å². The van der Waals surface area contributed by atoms with Crippen LogP contribution in [0.1, 0.15) is 55.7 Å². The average molecular weight is 354 g/mol. The van der Waals surface area contributed by atoms with Gasteiger partial charge in [-0.2, -0.15) is 4.98 Å². The number of nitrogens with one attached hydrogen (secondary N) is 2. The average Bonchev–Trinajstić information content (AvgIpc) is 3.28. The highest BCUT2D eigenvalue weighted by Crippen LogP contribution is 2.34. The Morgan fingerprint density at radius 1 is 1.35 bits per heavy atom. The highest BCUT2D eigenvalue weighted by Gasteiger charge is 2.29. The summed E-state index contributed by atoms with van der Waals surface area (Å²) < 4.78 is 5.18. The summed E-state index contributed by atoms with van der Waals surface area (Å²) in [6.45, 7) is 1.97. The first-order valence-electron chi connectivity index (χ1n) is 9.19. The summed E-state index contributed by atoms with van der Waals surface area (Å²) in [5, 5.41) is 9.89. The van der Waals surface area contributed by atoms with E-state index in [0.717, 1.165) is 30.4 Å². The van der Waals surface area contributed by atoms with E-state index in [-0.39, 0.29) is 17.9 Å². The van der Waals surface area contributed by atoms with E-state index < -0.39 is 6.04 Å². The third kappa shape index (κ3) is 3.21. The first-order valence-corrected chi connectivity index (χ1v) is 9.19. The lowest BCUT2D eigenvalue weighted by molar-refractivity contribution is -0.131. The second-order valence-corrected chi connectivity index (χ2v) is 6.89. The van der Waals surface area contributed by atoms with Crippen LogP contribution in [0.15, 0.2) is 22.7 Å². The number of carbonyl (C=O) groups excluding carboxylic acids is 2. The Hall–Kier alpha value is -2.70. The Balaban J connectivity index is 1.47. The molecule has 2 heterocycles. The van der Waals surface area contributed by atoms with Gasteiger partial charge in [0.1, 0.15) is 6.04 Å². The zero-order valence-corrected chi connectivity index (χ0v) is 14.7. The molecule has 26 heavy (non-hydrogen) atoms. The molecule has 4 rings (SSSR count). The number of rotatable bonds is 4. The van der Waals surface area contributed by atoms with Crippen LogP contribution in [0.4, 0.5) is 0 Å². The van der Waals surface area contributed by atoms with E-state index in [1.165, 1.54) is 5.56 Å². The molecule has 1 unspecified atom stereocenters. The Morgan fingerprint density at radius 3 is 3.00 bits per heavy atom. The molecular weight excluding hydrogens is 332 g/mol. The molecule has 2 atom stereocenters. The van der Waals surface area contributed by atoms with E-state index in [2.05, 4.69) is 26.8 Å². The molecule has 7 heteroatoms. The standard InChI is InChI=1S/C19H22N4O3/c1-2-17-22-18(23-26-17)12-6-8-13-11(10-12)7-9-14(13)21-19(25)15-4-3-5-16(24)20-15/h6,8,10,14-15H,2-5,7,9H2,1H3,(H,20,24)(H,21,25)/t14-,15?/m1/s1. The van der Waals surface area contributed by atoms with E-state index in [4.69, 9.17) is 4.52 Å². The van der Waals surface area contributed by atoms with Crippen LogP contribution in [-0.2, 0) is 22.4 Å². The van der Waals surface area contributed by atoms with Gasteiger partial charge in [-0.25, -0.2) is 0 Å². The molecule has 0 saturated carbocycles. The van der Waals surface area contributed by atoms with Crippen molar-refractivity contribution < 1.29 is 14.1 Å². The topological polar surface area (TPSA) is 97.1 Å². The van der Waals surface area contributed by atoms with Gasteiger partial charge >= 0.3 is 0 Å². The van der Waals surface area contributed by atoms with Crippen molar-refractivity contribution in [1.82, 2.24) is 20.8 Å². The van der Waals surface area contributed by atoms with Crippen LogP contribution < -0.4 is 10.6 Å². The van der Waals surface area contributed by atoms with Gasteiger partial charge in [-0.05, 0) is 42.9 Å². The van der Waals surface area contributed by atoms with Gasteiger partial charge in [-0.15, -0.1) is 0 Å². The zero-order valence-electron chi connectivity index (χ0n) is 14.7. The highest BCUT2D eigenvalue weighted by molar-refractivity contribution is 5.89. The number of benzene rings is 1. The lowest BCUT2D eigenvalue weighted by Crippen LogP contribution is -2.49. The molecule has 2 amide bonds. The Kier molecular flexibility index (Phi) is 4.44. The molecule has 2 aliphatic rings. The number of nitrogens with zero attached hydrogens (tertiary/aromatic N) is 2. The Labute approximate surface area is 151 Å². The van der Waals surface area contributed by atoms with E-state index in [1.54, 1.807) is 0 Å². The summed E-state index contributed by atoms with van der Waals surface area (Å²) >= 11 is 0. The summed E-state index contributed by atoms with van der Waals surface area (Å²) in [6, 6.07) is 5.65. The predicted octanol–water partition coefficient (Wildman–Crippen LogP) is 2.07. The van der Waals surface area contributed by atoms with Crippen LogP contribution in [0.5, 0.6) is 0 Å². The van der Waals surface area contributed by atoms with Crippen molar-refractivity contribution in [3.05, 3.63) is 35.2 Å². The molecule has 0 bridgehead atoms. The third-order valence-corrected chi connectivity index (χ3v) is 5.11. The fraction of sp³-hybridized carbons (Fsp3) is 0.474. The third-order valence-electron chi connectivity index (χ3n) is 5.11. The van der Waals surface area contributed by atoms with E-state index in [9.17, 15) is 9.59 Å². The quantitative estimate of drug-likeness (QED) is 0.876. The van der Waals surface area contributed by atoms with Crippen molar-refractivity contribution in [3.63, 3.8) is 0 Å². The lowest BCUT2D eigenvalue weighted by Gasteiger charge is -2.24. The molecule has 2 N–H and O–H groups in total. The second kappa shape index (κ2) is 6.90. The fourth-order valence-electron chi connectivity index (χ4n) is 3.70. The monoisotopic (exact) mass is 354 g/mol. The molecule has 1 aromatic heterocycles. The molecule has 1 aliphatic carbocycles. The van der Waals surface area contributed by atoms with Crippen molar-refractivity contribution in [3.8, 4) is 11.4 Å². The first-order chi connectivity index (χ1) is 12.6. The normalized spacial score (nSPS) is 22.0. The zero-order chi connectivity index (χ0) is 18.1. The molecular formula is C19H22N4O3. The highest BCUT2D eigenvalue weighted by atomic mass is 16.5. The largest absolute Gasteiger partial charge is 0.347 e. The number of amides is 2. The smallest absolute Gasteiger partial charge is 0.243 e. The van der Waals surface area contributed by atoms with Crippen molar-refractivity contribution in [1.29, 1.82) is 0 Å². The van der Waals surface area contributed by atoms with Crippen LogP contribution >= 0.6 is 0 Å². The maximum absolute atomic E-state index is 12.5. The van der Waals surface area contributed by atoms with Crippen molar-refractivity contribution >= 4 is 11.8 Å². The number of aromatic nitrogens is 2. The van der Waals surface area contributed by atoms with Gasteiger partial charge < -0.3 is 15.2 Å². The molecule has 1 aromatic carbocycles. The summed E-state index contributed by atoms with van der Waals surface area (Å²) in [6.07, 6.45) is 4.44. The van der Waals surface area contributed by atoms with Gasteiger partial charge in [0, 0.05) is 18.4 Å². The Bertz CT molecular complexity index is 845. The minimum absolute atomic E-state index is 0.0122. The molecule has 1 aliphatic heterocycles. The number of hydrogen-bond donors (Lipinski definition) is 2. The van der Waals surface area contributed by atoms with Crippen molar-refractivity contribution in [2.75, 3.05) is 0 Å². The summed E-state index contributed by atoms with van der Waals surface area (Å²) in [5.74, 6) is 1.09. The van der Waals surface area contributed by atoms with Gasteiger partial charge in [-0.3, -0.25) is 9.59 Å². The maximum atomic E-state index is 12.5. The lowest BCUT2D eigenvalue weighted by atomic mass is 10.0. The van der Waals surface area contributed by atoms with E-state index >= 15 is 0 Å². The predicted molar refractivity (Wildman–Crippen MR) is 94.1 cm³/mol. The molecule has 1 saturated heterocycles. The molecule has 2 aromatic rings. The first kappa shape index (κ1) is 16.8. The SMILES string of the molecule is CCc1nc(-c2ccc3c(c2)CC[C@H]3NC(=O)C2CCCC(=O)N2)no1.